The molecule has 28 heavy (non-hydrogen) atoms. The third-order valence-corrected chi connectivity index (χ3v) is 6.09. The van der Waals surface area contributed by atoms with E-state index in [1.54, 1.807) is 12.1 Å². The van der Waals surface area contributed by atoms with Gasteiger partial charge in [0, 0.05) is 26.2 Å². The maximum Gasteiger partial charge on any atom is 0.173 e. The predicted octanol–water partition coefficient (Wildman–Crippen LogP) is 3.47. The Bertz CT molecular complexity index is 723. The van der Waals surface area contributed by atoms with Crippen molar-refractivity contribution in [2.45, 2.75) is 51.1 Å². The van der Waals surface area contributed by atoms with E-state index in [4.69, 9.17) is 0 Å². The van der Waals surface area contributed by atoms with Gasteiger partial charge >= 0.3 is 0 Å². The summed E-state index contributed by atoms with van der Waals surface area (Å²) in [7, 11) is 0. The van der Waals surface area contributed by atoms with E-state index in [2.05, 4.69) is 36.9 Å². The number of tetrazole rings is 1. The molecule has 0 amide bonds. The van der Waals surface area contributed by atoms with Crippen molar-refractivity contribution in [3.05, 3.63) is 41.5 Å². The van der Waals surface area contributed by atoms with Crippen molar-refractivity contribution in [2.75, 3.05) is 32.7 Å². The summed E-state index contributed by atoms with van der Waals surface area (Å²) in [4.78, 5) is 4.91. The van der Waals surface area contributed by atoms with Crippen LogP contribution in [0, 0.1) is 5.82 Å². The minimum atomic E-state index is -0.208. The zero-order chi connectivity index (χ0) is 18.6. The summed E-state index contributed by atoms with van der Waals surface area (Å²) in [6.07, 6.45) is 6.05. The SMILES string of the molecule is CCN1CCN(C(c2ccc(F)cc2)c2nnnn2C2CCCCC2)CC1.Cl. The first-order valence-corrected chi connectivity index (χ1v) is 10.3. The van der Waals surface area contributed by atoms with E-state index in [-0.39, 0.29) is 24.3 Å². The van der Waals surface area contributed by atoms with Crippen molar-refractivity contribution in [2.24, 2.45) is 0 Å². The monoisotopic (exact) mass is 408 g/mol. The van der Waals surface area contributed by atoms with Crippen LogP contribution < -0.4 is 0 Å². The fourth-order valence-corrected chi connectivity index (χ4v) is 4.47. The lowest BCUT2D eigenvalue weighted by atomic mass is 9.95. The third-order valence-electron chi connectivity index (χ3n) is 6.09. The Kier molecular flexibility index (Phi) is 7.37. The number of likely N-dealkylation sites (N-methyl/N-ethyl adjacent to an activating group) is 1. The van der Waals surface area contributed by atoms with Crippen LogP contribution in [-0.4, -0.2) is 62.7 Å². The van der Waals surface area contributed by atoms with Gasteiger partial charge in [-0.15, -0.1) is 17.5 Å². The Hall–Kier alpha value is -1.57. The van der Waals surface area contributed by atoms with Crippen LogP contribution >= 0.6 is 12.4 Å². The van der Waals surface area contributed by atoms with Crippen molar-refractivity contribution in [1.29, 1.82) is 0 Å². The van der Waals surface area contributed by atoms with Gasteiger partial charge in [-0.05, 0) is 47.5 Å². The molecule has 1 aliphatic carbocycles. The van der Waals surface area contributed by atoms with Gasteiger partial charge in [0.05, 0.1) is 12.1 Å². The second kappa shape index (κ2) is 9.76. The zero-order valence-electron chi connectivity index (χ0n) is 16.5. The van der Waals surface area contributed by atoms with Gasteiger partial charge in [0.1, 0.15) is 5.82 Å². The van der Waals surface area contributed by atoms with Crippen molar-refractivity contribution in [3.8, 4) is 0 Å². The second-order valence-electron chi connectivity index (χ2n) is 7.70. The number of aromatic nitrogens is 4. The molecule has 1 atom stereocenters. The molecule has 1 aromatic heterocycles. The zero-order valence-corrected chi connectivity index (χ0v) is 17.3. The Labute approximate surface area is 172 Å². The van der Waals surface area contributed by atoms with Gasteiger partial charge in [0.2, 0.25) is 0 Å². The van der Waals surface area contributed by atoms with Gasteiger partial charge in [-0.25, -0.2) is 9.07 Å². The summed E-state index contributed by atoms with van der Waals surface area (Å²) in [6.45, 7) is 7.30. The highest BCUT2D eigenvalue weighted by Gasteiger charge is 2.32. The van der Waals surface area contributed by atoms with Crippen LogP contribution in [0.3, 0.4) is 0 Å². The van der Waals surface area contributed by atoms with E-state index in [0.29, 0.717) is 6.04 Å². The number of rotatable bonds is 5. The summed E-state index contributed by atoms with van der Waals surface area (Å²) < 4.78 is 15.6. The highest BCUT2D eigenvalue weighted by atomic mass is 35.5. The van der Waals surface area contributed by atoms with Crippen molar-refractivity contribution in [1.82, 2.24) is 30.0 Å². The highest BCUT2D eigenvalue weighted by molar-refractivity contribution is 5.85. The summed E-state index contributed by atoms with van der Waals surface area (Å²) in [5, 5.41) is 12.9. The van der Waals surface area contributed by atoms with Gasteiger partial charge in [0.15, 0.2) is 5.82 Å². The highest BCUT2D eigenvalue weighted by Crippen LogP contribution is 2.33. The molecule has 2 aromatic rings. The molecule has 4 rings (SSSR count). The van der Waals surface area contributed by atoms with Crippen molar-refractivity contribution >= 4 is 12.4 Å². The average molecular weight is 409 g/mol. The molecule has 1 saturated carbocycles. The fraction of sp³-hybridized carbons (Fsp3) is 0.650. The molecule has 0 spiro atoms. The lowest BCUT2D eigenvalue weighted by Crippen LogP contribution is -2.48. The number of halogens is 2. The predicted molar refractivity (Wildman–Crippen MR) is 109 cm³/mol. The van der Waals surface area contributed by atoms with Crippen LogP contribution in [0.2, 0.25) is 0 Å². The summed E-state index contributed by atoms with van der Waals surface area (Å²) in [6, 6.07) is 7.20. The lowest BCUT2D eigenvalue weighted by molar-refractivity contribution is 0.107. The third kappa shape index (κ3) is 4.53. The topological polar surface area (TPSA) is 50.1 Å². The molecule has 2 aliphatic rings. The fourth-order valence-electron chi connectivity index (χ4n) is 4.47. The van der Waals surface area contributed by atoms with E-state index >= 15 is 0 Å². The van der Waals surface area contributed by atoms with Gasteiger partial charge in [-0.1, -0.05) is 38.3 Å². The molecule has 2 fully saturated rings. The molecular formula is C20H30ClFN6. The number of nitrogens with zero attached hydrogens (tertiary/aromatic N) is 6. The summed E-state index contributed by atoms with van der Waals surface area (Å²) in [5.41, 5.74) is 1.06. The summed E-state index contributed by atoms with van der Waals surface area (Å²) in [5.74, 6) is 0.693. The van der Waals surface area contributed by atoms with E-state index < -0.39 is 0 Å². The van der Waals surface area contributed by atoms with Crippen LogP contribution in [0.5, 0.6) is 0 Å². The molecule has 8 heteroatoms. The summed E-state index contributed by atoms with van der Waals surface area (Å²) >= 11 is 0. The molecular weight excluding hydrogens is 379 g/mol. The van der Waals surface area contributed by atoms with Crippen LogP contribution in [-0.2, 0) is 0 Å². The lowest BCUT2D eigenvalue weighted by Gasteiger charge is -2.39. The molecule has 6 nitrogen and oxygen atoms in total. The maximum atomic E-state index is 13.5. The van der Waals surface area contributed by atoms with Gasteiger partial charge in [0.25, 0.3) is 0 Å². The maximum absolute atomic E-state index is 13.5. The Balaban J connectivity index is 0.00000225. The Morgan fingerprint density at radius 1 is 1.04 bits per heavy atom. The largest absolute Gasteiger partial charge is 0.301 e. The van der Waals surface area contributed by atoms with Crippen molar-refractivity contribution in [3.63, 3.8) is 0 Å². The van der Waals surface area contributed by atoms with E-state index in [9.17, 15) is 4.39 Å². The van der Waals surface area contributed by atoms with Crippen LogP contribution in [0.15, 0.2) is 24.3 Å². The first kappa shape index (κ1) is 21.1. The van der Waals surface area contributed by atoms with E-state index in [0.717, 1.165) is 57.0 Å². The van der Waals surface area contributed by atoms with Gasteiger partial charge in [-0.2, -0.15) is 0 Å². The molecule has 1 aromatic carbocycles. The standard InChI is InChI=1S/C20H29FN6.ClH/c1-2-25-12-14-26(15-13-25)19(16-8-10-17(21)11-9-16)20-22-23-24-27(20)18-6-4-3-5-7-18;/h8-11,18-19H,2-7,12-15H2,1H3;1H. The first-order chi connectivity index (χ1) is 13.3. The minimum Gasteiger partial charge on any atom is -0.301 e. The second-order valence-corrected chi connectivity index (χ2v) is 7.70. The molecule has 1 unspecified atom stereocenters. The first-order valence-electron chi connectivity index (χ1n) is 10.3. The normalized spacial score (nSPS) is 20.6. The molecule has 0 N–H and O–H groups in total. The van der Waals surface area contributed by atoms with Gasteiger partial charge in [-0.3, -0.25) is 4.90 Å². The Morgan fingerprint density at radius 3 is 2.36 bits per heavy atom. The van der Waals surface area contributed by atoms with E-state index in [1.165, 1.54) is 19.3 Å². The molecule has 0 bridgehead atoms. The van der Waals surface area contributed by atoms with Crippen LogP contribution in [0.4, 0.5) is 4.39 Å². The number of hydrogen-bond donors (Lipinski definition) is 0. The molecule has 2 heterocycles. The quantitative estimate of drug-likeness (QED) is 0.758. The average Bonchev–Trinajstić information content (AvgIpc) is 3.20. The van der Waals surface area contributed by atoms with Crippen LogP contribution in [0.1, 0.15) is 62.5 Å². The number of benzene rings is 1. The van der Waals surface area contributed by atoms with E-state index in [1.807, 2.05) is 12.1 Å². The number of hydrogen-bond acceptors (Lipinski definition) is 5. The molecule has 1 saturated heterocycles. The molecule has 0 radical (unpaired) electrons. The van der Waals surface area contributed by atoms with Crippen molar-refractivity contribution < 1.29 is 4.39 Å². The molecule has 154 valence electrons. The van der Waals surface area contributed by atoms with Crippen LogP contribution in [0.25, 0.3) is 0 Å². The minimum absolute atomic E-state index is 0. The molecule has 1 aliphatic heterocycles. The Morgan fingerprint density at radius 2 is 1.71 bits per heavy atom. The number of piperazine rings is 1. The smallest absolute Gasteiger partial charge is 0.173 e. The van der Waals surface area contributed by atoms with Gasteiger partial charge < -0.3 is 4.90 Å².